The van der Waals surface area contributed by atoms with Gasteiger partial charge in [0.2, 0.25) is 0 Å². The van der Waals surface area contributed by atoms with E-state index in [4.69, 9.17) is 9.47 Å². The Kier molecular flexibility index (Phi) is 9.94. The summed E-state index contributed by atoms with van der Waals surface area (Å²) >= 11 is 0. The molecule has 0 amide bonds. The molecule has 1 saturated heterocycles. The molecule has 1 fully saturated rings. The van der Waals surface area contributed by atoms with Gasteiger partial charge in [-0.2, -0.15) is 0 Å². The maximum Gasteiger partial charge on any atom is 0.119 e. The third-order valence-corrected chi connectivity index (χ3v) is 4.92. The van der Waals surface area contributed by atoms with Gasteiger partial charge in [-0.05, 0) is 37.8 Å². The number of ether oxygens (including phenoxy) is 2. The monoisotopic (exact) mass is 331 g/mol. The molecule has 0 aromatic heterocycles. The van der Waals surface area contributed by atoms with Gasteiger partial charge in [0, 0.05) is 12.5 Å². The highest BCUT2D eigenvalue weighted by Gasteiger charge is 2.26. The van der Waals surface area contributed by atoms with Gasteiger partial charge in [-0.1, -0.05) is 70.1 Å². The summed E-state index contributed by atoms with van der Waals surface area (Å²) in [5.41, 5.74) is 0. The number of para-hydroxylation sites is 1. The topological polar surface area (TPSA) is 18.5 Å². The minimum Gasteiger partial charge on any atom is -0.494 e. The molecule has 0 bridgehead atoms. The number of unbranched alkanes of at least 4 members (excludes halogenated alkanes) is 6. The van der Waals surface area contributed by atoms with E-state index in [1.807, 2.05) is 30.3 Å². The highest BCUT2D eigenvalue weighted by atomic mass is 16.5. The van der Waals surface area contributed by atoms with Crippen molar-refractivity contribution in [1.29, 1.82) is 0 Å². The highest BCUT2D eigenvalue weighted by Crippen LogP contribution is 2.29. The predicted molar refractivity (Wildman–Crippen MR) is 101 cm³/mol. The number of hydrogen-bond acceptors (Lipinski definition) is 2. The SMILES string of the molecule is CCCCCCCCC[C](CCOc1ccccc1)C1CCCO1. The number of hydrogen-bond donors (Lipinski definition) is 0. The summed E-state index contributed by atoms with van der Waals surface area (Å²) in [6.45, 7) is 3.99. The van der Waals surface area contributed by atoms with Gasteiger partial charge < -0.3 is 9.47 Å². The van der Waals surface area contributed by atoms with Crippen LogP contribution in [-0.4, -0.2) is 19.3 Å². The van der Waals surface area contributed by atoms with E-state index in [1.54, 1.807) is 5.92 Å². The molecule has 1 aromatic carbocycles. The van der Waals surface area contributed by atoms with Crippen LogP contribution in [0.25, 0.3) is 0 Å². The second kappa shape index (κ2) is 12.4. The van der Waals surface area contributed by atoms with Crippen molar-refractivity contribution in [2.45, 2.75) is 83.7 Å². The molecule has 0 N–H and O–H groups in total. The fourth-order valence-corrected chi connectivity index (χ4v) is 3.47. The second-order valence-electron chi connectivity index (χ2n) is 6.94. The van der Waals surface area contributed by atoms with E-state index in [-0.39, 0.29) is 0 Å². The molecule has 2 heteroatoms. The summed E-state index contributed by atoms with van der Waals surface area (Å²) < 4.78 is 11.8. The largest absolute Gasteiger partial charge is 0.494 e. The van der Waals surface area contributed by atoms with Crippen molar-refractivity contribution < 1.29 is 9.47 Å². The van der Waals surface area contributed by atoms with Crippen molar-refractivity contribution in [3.8, 4) is 5.75 Å². The lowest BCUT2D eigenvalue weighted by molar-refractivity contribution is 0.109. The maximum absolute atomic E-state index is 5.94. The first-order valence-electron chi connectivity index (χ1n) is 10.0. The Hall–Kier alpha value is -1.02. The Labute approximate surface area is 148 Å². The quantitative estimate of drug-likeness (QED) is 0.392. The Bertz CT molecular complexity index is 398. The molecule has 0 aliphatic carbocycles. The Morgan fingerprint density at radius 2 is 1.75 bits per heavy atom. The summed E-state index contributed by atoms with van der Waals surface area (Å²) in [5.74, 6) is 2.55. The number of benzene rings is 1. The van der Waals surface area contributed by atoms with Gasteiger partial charge in [0.15, 0.2) is 0 Å². The van der Waals surface area contributed by atoms with Crippen LogP contribution in [0.5, 0.6) is 5.75 Å². The minimum absolute atomic E-state index is 0.393. The molecule has 24 heavy (non-hydrogen) atoms. The maximum atomic E-state index is 5.94. The van der Waals surface area contributed by atoms with Crippen LogP contribution in [0.2, 0.25) is 0 Å². The molecule has 2 rings (SSSR count). The summed E-state index contributed by atoms with van der Waals surface area (Å²) in [7, 11) is 0. The molecule has 2 nitrogen and oxygen atoms in total. The van der Waals surface area contributed by atoms with Crippen LogP contribution in [0.1, 0.15) is 77.6 Å². The van der Waals surface area contributed by atoms with E-state index in [1.165, 1.54) is 64.2 Å². The van der Waals surface area contributed by atoms with Crippen LogP contribution in [-0.2, 0) is 4.74 Å². The first kappa shape index (κ1) is 19.3. The van der Waals surface area contributed by atoms with Crippen LogP contribution in [0.15, 0.2) is 30.3 Å². The summed E-state index contributed by atoms with van der Waals surface area (Å²) in [6.07, 6.45) is 14.7. The van der Waals surface area contributed by atoms with Gasteiger partial charge in [-0.15, -0.1) is 0 Å². The molecule has 1 aliphatic heterocycles. The average Bonchev–Trinajstić information content (AvgIpc) is 3.15. The molecular weight excluding hydrogens is 296 g/mol. The molecule has 1 unspecified atom stereocenters. The van der Waals surface area contributed by atoms with Crippen molar-refractivity contribution >= 4 is 0 Å². The van der Waals surface area contributed by atoms with Crippen molar-refractivity contribution in [2.75, 3.05) is 13.2 Å². The third kappa shape index (κ3) is 7.70. The zero-order chi connectivity index (χ0) is 16.9. The molecule has 0 spiro atoms. The molecule has 0 saturated carbocycles. The van der Waals surface area contributed by atoms with Crippen LogP contribution >= 0.6 is 0 Å². The Morgan fingerprint density at radius 3 is 2.46 bits per heavy atom. The van der Waals surface area contributed by atoms with E-state index >= 15 is 0 Å². The van der Waals surface area contributed by atoms with E-state index in [2.05, 4.69) is 6.92 Å². The molecule has 1 aromatic rings. The van der Waals surface area contributed by atoms with Crippen molar-refractivity contribution in [1.82, 2.24) is 0 Å². The van der Waals surface area contributed by atoms with Gasteiger partial charge in [0.25, 0.3) is 0 Å². The zero-order valence-electron chi connectivity index (χ0n) is 15.5. The molecule has 1 radical (unpaired) electrons. The summed E-state index contributed by atoms with van der Waals surface area (Å²) in [6, 6.07) is 10.1. The average molecular weight is 332 g/mol. The molecule has 135 valence electrons. The second-order valence-corrected chi connectivity index (χ2v) is 6.94. The Morgan fingerprint density at radius 1 is 1.00 bits per heavy atom. The van der Waals surface area contributed by atoms with Crippen LogP contribution < -0.4 is 4.74 Å². The smallest absolute Gasteiger partial charge is 0.119 e. The zero-order valence-corrected chi connectivity index (χ0v) is 15.5. The lowest BCUT2D eigenvalue weighted by atomic mass is 9.90. The third-order valence-electron chi connectivity index (χ3n) is 4.92. The van der Waals surface area contributed by atoms with Gasteiger partial charge in [0.1, 0.15) is 5.75 Å². The minimum atomic E-state index is 0.393. The van der Waals surface area contributed by atoms with Crippen molar-refractivity contribution in [3.05, 3.63) is 36.2 Å². The van der Waals surface area contributed by atoms with E-state index < -0.39 is 0 Å². The first-order valence-corrected chi connectivity index (χ1v) is 10.0. The summed E-state index contributed by atoms with van der Waals surface area (Å²) in [5, 5.41) is 0. The van der Waals surface area contributed by atoms with Crippen molar-refractivity contribution in [2.24, 2.45) is 0 Å². The van der Waals surface area contributed by atoms with Crippen LogP contribution in [0.3, 0.4) is 0 Å². The van der Waals surface area contributed by atoms with Gasteiger partial charge in [-0.3, -0.25) is 0 Å². The van der Waals surface area contributed by atoms with Crippen molar-refractivity contribution in [3.63, 3.8) is 0 Å². The fraction of sp³-hybridized carbons (Fsp3) is 0.682. The van der Waals surface area contributed by atoms with Crippen LogP contribution in [0.4, 0.5) is 0 Å². The molecule has 1 atom stereocenters. The number of rotatable bonds is 13. The first-order chi connectivity index (χ1) is 11.9. The standard InChI is InChI=1S/C22H35O2/c1-2-3-4-5-6-7-9-13-20(22-16-12-18-24-22)17-19-23-21-14-10-8-11-15-21/h8,10-11,14-15,22H,2-7,9,12-13,16-19H2,1H3. The fourth-order valence-electron chi connectivity index (χ4n) is 3.47. The summed E-state index contributed by atoms with van der Waals surface area (Å²) in [4.78, 5) is 0. The predicted octanol–water partition coefficient (Wildman–Crippen LogP) is 6.35. The highest BCUT2D eigenvalue weighted by molar-refractivity contribution is 5.20. The van der Waals surface area contributed by atoms with E-state index in [0.717, 1.165) is 25.4 Å². The van der Waals surface area contributed by atoms with Gasteiger partial charge in [-0.25, -0.2) is 0 Å². The van der Waals surface area contributed by atoms with Gasteiger partial charge >= 0.3 is 0 Å². The lowest BCUT2D eigenvalue weighted by Gasteiger charge is -2.22. The lowest BCUT2D eigenvalue weighted by Crippen LogP contribution is -2.20. The van der Waals surface area contributed by atoms with Crippen LogP contribution in [0, 0.1) is 5.92 Å². The Balaban J connectivity index is 1.63. The molecule has 1 heterocycles. The molecule has 1 aliphatic rings. The molecular formula is C22H35O2. The normalized spacial score (nSPS) is 17.5. The van der Waals surface area contributed by atoms with E-state index in [0.29, 0.717) is 6.10 Å². The van der Waals surface area contributed by atoms with E-state index in [9.17, 15) is 0 Å². The van der Waals surface area contributed by atoms with Gasteiger partial charge in [0.05, 0.1) is 12.7 Å².